The summed E-state index contributed by atoms with van der Waals surface area (Å²) in [6.45, 7) is 1.48. The van der Waals surface area contributed by atoms with Gasteiger partial charge in [0.1, 0.15) is 5.82 Å². The molecule has 3 rings (SSSR count). The zero-order valence-corrected chi connectivity index (χ0v) is 14.0. The molecule has 0 unspecified atom stereocenters. The summed E-state index contributed by atoms with van der Waals surface area (Å²) in [5.41, 5.74) is 1.74. The molecule has 6 nitrogen and oxygen atoms in total. The van der Waals surface area contributed by atoms with Crippen LogP contribution in [0.1, 0.15) is 11.3 Å². The molecule has 124 valence electrons. The Labute approximate surface area is 144 Å². The number of hydrogen-bond donors (Lipinski definition) is 3. The molecule has 0 aliphatic rings. The van der Waals surface area contributed by atoms with Gasteiger partial charge in [0.2, 0.25) is 5.95 Å². The van der Waals surface area contributed by atoms with Crippen molar-refractivity contribution in [3.8, 4) is 11.3 Å². The normalized spacial score (nSPS) is 10.5. The first-order valence-electron chi connectivity index (χ1n) is 7.75. The Bertz CT molecular complexity index is 749. The average molecular weight is 341 g/mol. The van der Waals surface area contributed by atoms with Crippen molar-refractivity contribution >= 4 is 23.1 Å². The lowest BCUT2D eigenvalue weighted by atomic mass is 10.2. The fourth-order valence-electron chi connectivity index (χ4n) is 2.15. The molecule has 3 N–H and O–H groups in total. The summed E-state index contributed by atoms with van der Waals surface area (Å²) in [5.74, 6) is 1.29. The molecule has 0 atom stereocenters. The highest BCUT2D eigenvalue weighted by atomic mass is 32.1. The maximum absolute atomic E-state index is 8.92. The number of anilines is 2. The maximum atomic E-state index is 8.92. The molecule has 0 spiro atoms. The van der Waals surface area contributed by atoms with Crippen LogP contribution in [0, 0.1) is 0 Å². The van der Waals surface area contributed by atoms with E-state index in [4.69, 9.17) is 5.11 Å². The van der Waals surface area contributed by atoms with E-state index in [1.807, 2.05) is 24.3 Å². The second-order valence-corrected chi connectivity index (χ2v) is 6.17. The van der Waals surface area contributed by atoms with Crippen LogP contribution < -0.4 is 10.6 Å². The van der Waals surface area contributed by atoms with E-state index in [0.29, 0.717) is 18.9 Å². The molecule has 0 saturated heterocycles. The Kier molecular flexibility index (Phi) is 5.70. The molecule has 24 heavy (non-hydrogen) atoms. The SMILES string of the molecule is OCCCNc1nc(NCc2cccs2)cc(-c2cccnc2)n1. The Morgan fingerprint density at radius 3 is 2.83 bits per heavy atom. The second kappa shape index (κ2) is 8.37. The van der Waals surface area contributed by atoms with Gasteiger partial charge in [-0.15, -0.1) is 11.3 Å². The third kappa shape index (κ3) is 4.50. The monoisotopic (exact) mass is 341 g/mol. The van der Waals surface area contributed by atoms with E-state index in [1.165, 1.54) is 4.88 Å². The minimum absolute atomic E-state index is 0.138. The van der Waals surface area contributed by atoms with Crippen LogP contribution in [0.25, 0.3) is 11.3 Å². The lowest BCUT2D eigenvalue weighted by molar-refractivity contribution is 0.292. The number of hydrogen-bond acceptors (Lipinski definition) is 7. The zero-order chi connectivity index (χ0) is 16.6. The zero-order valence-electron chi connectivity index (χ0n) is 13.1. The number of thiophene rings is 1. The number of rotatable bonds is 8. The predicted molar refractivity (Wildman–Crippen MR) is 97.1 cm³/mol. The van der Waals surface area contributed by atoms with E-state index >= 15 is 0 Å². The molecule has 0 amide bonds. The highest BCUT2D eigenvalue weighted by Gasteiger charge is 2.07. The highest BCUT2D eigenvalue weighted by Crippen LogP contribution is 2.21. The average Bonchev–Trinajstić information content (AvgIpc) is 3.14. The fourth-order valence-corrected chi connectivity index (χ4v) is 2.79. The number of nitrogens with one attached hydrogen (secondary N) is 2. The highest BCUT2D eigenvalue weighted by molar-refractivity contribution is 7.09. The summed E-state index contributed by atoms with van der Waals surface area (Å²) in [5, 5.41) is 17.5. The maximum Gasteiger partial charge on any atom is 0.225 e. The molecule has 7 heteroatoms. The Morgan fingerprint density at radius 2 is 2.08 bits per heavy atom. The largest absolute Gasteiger partial charge is 0.396 e. The fraction of sp³-hybridized carbons (Fsp3) is 0.235. The van der Waals surface area contributed by atoms with Crippen molar-refractivity contribution in [1.29, 1.82) is 0 Å². The third-order valence-electron chi connectivity index (χ3n) is 3.33. The van der Waals surface area contributed by atoms with Gasteiger partial charge in [-0.3, -0.25) is 4.98 Å². The summed E-state index contributed by atoms with van der Waals surface area (Å²) in [6.07, 6.45) is 4.17. The van der Waals surface area contributed by atoms with Crippen LogP contribution in [0.5, 0.6) is 0 Å². The summed E-state index contributed by atoms with van der Waals surface area (Å²) in [7, 11) is 0. The molecular formula is C17H19N5OS. The molecule has 0 saturated carbocycles. The van der Waals surface area contributed by atoms with E-state index in [2.05, 4.69) is 37.0 Å². The first kappa shape index (κ1) is 16.4. The summed E-state index contributed by atoms with van der Waals surface area (Å²) >= 11 is 1.70. The molecule has 3 heterocycles. The molecule has 0 radical (unpaired) electrons. The van der Waals surface area contributed by atoms with Crippen LogP contribution in [0.3, 0.4) is 0 Å². The van der Waals surface area contributed by atoms with Crippen LogP contribution in [-0.2, 0) is 6.54 Å². The van der Waals surface area contributed by atoms with E-state index in [0.717, 1.165) is 23.6 Å². The quantitative estimate of drug-likeness (QED) is 0.546. The van der Waals surface area contributed by atoms with Gasteiger partial charge in [0, 0.05) is 42.1 Å². The minimum Gasteiger partial charge on any atom is -0.396 e. The van der Waals surface area contributed by atoms with Crippen molar-refractivity contribution in [2.45, 2.75) is 13.0 Å². The van der Waals surface area contributed by atoms with Gasteiger partial charge in [-0.1, -0.05) is 6.07 Å². The van der Waals surface area contributed by atoms with Gasteiger partial charge in [0.15, 0.2) is 0 Å². The van der Waals surface area contributed by atoms with Crippen molar-refractivity contribution < 1.29 is 5.11 Å². The van der Waals surface area contributed by atoms with Crippen LogP contribution in [0.2, 0.25) is 0 Å². The molecule has 0 fully saturated rings. The van der Waals surface area contributed by atoms with Crippen LogP contribution in [0.15, 0.2) is 48.1 Å². The predicted octanol–water partition coefficient (Wildman–Crippen LogP) is 3.01. The molecule has 3 aromatic rings. The van der Waals surface area contributed by atoms with E-state index < -0.39 is 0 Å². The molecule has 0 aliphatic heterocycles. The van der Waals surface area contributed by atoms with Crippen LogP contribution in [0.4, 0.5) is 11.8 Å². The van der Waals surface area contributed by atoms with Crippen molar-refractivity contribution in [3.63, 3.8) is 0 Å². The second-order valence-electron chi connectivity index (χ2n) is 5.14. The molecule has 0 aromatic carbocycles. The summed E-state index contributed by atoms with van der Waals surface area (Å²) in [4.78, 5) is 14.4. The number of pyridine rings is 1. The summed E-state index contributed by atoms with van der Waals surface area (Å²) < 4.78 is 0. The van der Waals surface area contributed by atoms with Crippen molar-refractivity contribution in [2.24, 2.45) is 0 Å². The van der Waals surface area contributed by atoms with Crippen molar-refractivity contribution in [1.82, 2.24) is 15.0 Å². The van der Waals surface area contributed by atoms with Gasteiger partial charge >= 0.3 is 0 Å². The Morgan fingerprint density at radius 1 is 1.12 bits per heavy atom. The first-order chi connectivity index (χ1) is 11.8. The Hall–Kier alpha value is -2.51. The third-order valence-corrected chi connectivity index (χ3v) is 4.20. The lowest BCUT2D eigenvalue weighted by Crippen LogP contribution is -2.09. The van der Waals surface area contributed by atoms with Gasteiger partial charge in [-0.05, 0) is 30.0 Å². The number of nitrogens with zero attached hydrogens (tertiary/aromatic N) is 3. The van der Waals surface area contributed by atoms with Gasteiger partial charge in [0.25, 0.3) is 0 Å². The van der Waals surface area contributed by atoms with Gasteiger partial charge in [0.05, 0.1) is 12.2 Å². The van der Waals surface area contributed by atoms with Gasteiger partial charge < -0.3 is 15.7 Å². The van der Waals surface area contributed by atoms with Crippen LogP contribution in [-0.4, -0.2) is 33.2 Å². The molecule has 3 aromatic heterocycles. The molecular weight excluding hydrogens is 322 g/mol. The lowest BCUT2D eigenvalue weighted by Gasteiger charge is -2.10. The van der Waals surface area contributed by atoms with Gasteiger partial charge in [-0.2, -0.15) is 4.98 Å². The topological polar surface area (TPSA) is 83.0 Å². The minimum atomic E-state index is 0.138. The number of aromatic nitrogens is 3. The first-order valence-corrected chi connectivity index (χ1v) is 8.63. The van der Waals surface area contributed by atoms with Crippen LogP contribution >= 0.6 is 11.3 Å². The van der Waals surface area contributed by atoms with Gasteiger partial charge in [-0.25, -0.2) is 4.98 Å². The Balaban J connectivity index is 1.81. The molecule has 0 bridgehead atoms. The van der Waals surface area contributed by atoms with Crippen molar-refractivity contribution in [2.75, 3.05) is 23.8 Å². The van der Waals surface area contributed by atoms with E-state index in [-0.39, 0.29) is 6.61 Å². The van der Waals surface area contributed by atoms with E-state index in [1.54, 1.807) is 23.7 Å². The number of aliphatic hydroxyl groups excluding tert-OH is 1. The summed E-state index contributed by atoms with van der Waals surface area (Å²) in [6, 6.07) is 9.89. The van der Waals surface area contributed by atoms with E-state index in [9.17, 15) is 0 Å². The standard InChI is InChI=1S/C17H19N5OS/c23-8-3-7-19-17-21-15(13-4-1-6-18-11-13)10-16(22-17)20-12-14-5-2-9-24-14/h1-2,4-6,9-11,23H,3,7-8,12H2,(H2,19,20,21,22). The molecule has 0 aliphatic carbocycles. The van der Waals surface area contributed by atoms with Crippen molar-refractivity contribution in [3.05, 3.63) is 53.0 Å². The number of aliphatic hydroxyl groups is 1. The smallest absolute Gasteiger partial charge is 0.225 e.